The Morgan fingerprint density at radius 3 is 2.60 bits per heavy atom. The van der Waals surface area contributed by atoms with E-state index < -0.39 is 11.7 Å². The van der Waals surface area contributed by atoms with E-state index in [1.165, 1.54) is 0 Å². The molecule has 0 aliphatic carbocycles. The molecule has 1 aromatic rings. The highest BCUT2D eigenvalue weighted by Gasteiger charge is 2.15. The second-order valence-corrected chi connectivity index (χ2v) is 5.52. The number of rotatable bonds is 6. The van der Waals surface area contributed by atoms with Crippen molar-refractivity contribution in [3.63, 3.8) is 0 Å². The molecule has 1 amide bonds. The third-order valence-corrected chi connectivity index (χ3v) is 2.52. The topological polar surface area (TPSA) is 70.6 Å². The molecule has 5 heteroatoms. The number of carbonyl (C=O) groups is 1. The molecule has 0 atom stereocenters. The lowest BCUT2D eigenvalue weighted by atomic mass is 10.2. The van der Waals surface area contributed by atoms with Gasteiger partial charge >= 0.3 is 6.09 Å². The van der Waals surface area contributed by atoms with Gasteiger partial charge < -0.3 is 20.5 Å². The number of alkyl carbamates (subject to hydrolysis) is 1. The molecule has 3 N–H and O–H groups in total. The molecule has 5 nitrogen and oxygen atoms in total. The Hall–Kier alpha value is -1.75. The van der Waals surface area contributed by atoms with Gasteiger partial charge in [0.15, 0.2) is 0 Å². The van der Waals surface area contributed by atoms with Gasteiger partial charge in [-0.25, -0.2) is 4.79 Å². The number of benzene rings is 1. The Bertz CT molecular complexity index is 427. The van der Waals surface area contributed by atoms with Gasteiger partial charge in [-0.15, -0.1) is 0 Å². The number of carbonyl (C=O) groups excluding carboxylic acids is 1. The molecule has 0 aliphatic rings. The van der Waals surface area contributed by atoms with E-state index in [2.05, 4.69) is 10.6 Å². The van der Waals surface area contributed by atoms with Crippen LogP contribution in [0, 0.1) is 0 Å². The van der Waals surface area contributed by atoms with Crippen molar-refractivity contribution in [2.24, 2.45) is 0 Å². The molecule has 20 heavy (non-hydrogen) atoms. The first kappa shape index (κ1) is 16.3. The van der Waals surface area contributed by atoms with E-state index in [1.54, 1.807) is 0 Å². The summed E-state index contributed by atoms with van der Waals surface area (Å²) in [6.07, 6.45) is 0.382. The van der Waals surface area contributed by atoms with Crippen LogP contribution in [0.3, 0.4) is 0 Å². The van der Waals surface area contributed by atoms with E-state index in [-0.39, 0.29) is 6.61 Å². The molecule has 0 heterocycles. The van der Waals surface area contributed by atoms with Gasteiger partial charge in [0.25, 0.3) is 0 Å². The summed E-state index contributed by atoms with van der Waals surface area (Å²) < 4.78 is 5.14. The SMILES string of the molecule is CC(C)(C)OC(=O)NCCCNc1ccccc1CO. The molecular formula is C15H24N2O3. The summed E-state index contributed by atoms with van der Waals surface area (Å²) >= 11 is 0. The molecule has 0 saturated carbocycles. The van der Waals surface area contributed by atoms with Crippen LogP contribution in [0.4, 0.5) is 10.5 Å². The van der Waals surface area contributed by atoms with Gasteiger partial charge in [0, 0.05) is 24.3 Å². The molecule has 1 rings (SSSR count). The number of aliphatic hydroxyl groups is 1. The molecule has 0 saturated heterocycles. The van der Waals surface area contributed by atoms with Crippen LogP contribution in [0.25, 0.3) is 0 Å². The van der Waals surface area contributed by atoms with Crippen LogP contribution in [0.15, 0.2) is 24.3 Å². The molecule has 112 valence electrons. The maximum atomic E-state index is 11.4. The van der Waals surface area contributed by atoms with Gasteiger partial charge in [0.05, 0.1) is 6.61 Å². The summed E-state index contributed by atoms with van der Waals surface area (Å²) in [7, 11) is 0. The van der Waals surface area contributed by atoms with Crippen molar-refractivity contribution in [3.8, 4) is 0 Å². The number of nitrogens with one attached hydrogen (secondary N) is 2. The first-order chi connectivity index (χ1) is 9.42. The molecule has 0 fully saturated rings. The third-order valence-electron chi connectivity index (χ3n) is 2.52. The molecule has 0 aliphatic heterocycles. The summed E-state index contributed by atoms with van der Waals surface area (Å²) in [6, 6.07) is 7.61. The predicted octanol–water partition coefficient (Wildman–Crippen LogP) is 2.51. The molecule has 0 aromatic heterocycles. The minimum atomic E-state index is -0.470. The average Bonchev–Trinajstić information content (AvgIpc) is 2.36. The zero-order chi connectivity index (χ0) is 15.0. The highest BCUT2D eigenvalue weighted by molar-refractivity contribution is 5.67. The van der Waals surface area contributed by atoms with E-state index in [9.17, 15) is 9.90 Å². The van der Waals surface area contributed by atoms with Crippen molar-refractivity contribution < 1.29 is 14.6 Å². The largest absolute Gasteiger partial charge is 0.444 e. The Kier molecular flexibility index (Phi) is 6.31. The van der Waals surface area contributed by atoms with Crippen LogP contribution in [0.5, 0.6) is 0 Å². The Balaban J connectivity index is 2.21. The fourth-order valence-corrected chi connectivity index (χ4v) is 1.65. The van der Waals surface area contributed by atoms with Crippen LogP contribution in [0.1, 0.15) is 32.8 Å². The van der Waals surface area contributed by atoms with Crippen molar-refractivity contribution in [1.29, 1.82) is 0 Å². The number of hydrogen-bond acceptors (Lipinski definition) is 4. The van der Waals surface area contributed by atoms with Gasteiger partial charge in [0.2, 0.25) is 0 Å². The summed E-state index contributed by atoms with van der Waals surface area (Å²) in [5.74, 6) is 0. The zero-order valence-corrected chi connectivity index (χ0v) is 12.4. The Morgan fingerprint density at radius 1 is 1.25 bits per heavy atom. The summed E-state index contributed by atoms with van der Waals surface area (Å²) in [5, 5.41) is 15.1. The molecular weight excluding hydrogens is 256 g/mol. The minimum absolute atomic E-state index is 0.0132. The van der Waals surface area contributed by atoms with Crippen LogP contribution in [0.2, 0.25) is 0 Å². The highest BCUT2D eigenvalue weighted by Crippen LogP contribution is 2.14. The lowest BCUT2D eigenvalue weighted by Gasteiger charge is -2.19. The molecule has 1 aromatic carbocycles. The number of hydrogen-bond donors (Lipinski definition) is 3. The second-order valence-electron chi connectivity index (χ2n) is 5.52. The Morgan fingerprint density at radius 2 is 1.95 bits per heavy atom. The van der Waals surface area contributed by atoms with E-state index in [0.717, 1.165) is 17.7 Å². The quantitative estimate of drug-likeness (QED) is 0.700. The van der Waals surface area contributed by atoms with Crippen LogP contribution in [-0.4, -0.2) is 29.9 Å². The summed E-state index contributed by atoms with van der Waals surface area (Å²) in [6.45, 7) is 6.77. The van der Waals surface area contributed by atoms with Gasteiger partial charge in [-0.2, -0.15) is 0 Å². The molecule has 0 unspecified atom stereocenters. The van der Waals surface area contributed by atoms with Gasteiger partial charge in [-0.05, 0) is 33.3 Å². The van der Waals surface area contributed by atoms with Crippen molar-refractivity contribution in [1.82, 2.24) is 5.32 Å². The Labute approximate surface area is 120 Å². The first-order valence-corrected chi connectivity index (χ1v) is 6.82. The first-order valence-electron chi connectivity index (χ1n) is 6.82. The zero-order valence-electron chi connectivity index (χ0n) is 12.4. The number of para-hydroxylation sites is 1. The maximum Gasteiger partial charge on any atom is 0.407 e. The normalized spacial score (nSPS) is 11.0. The smallest absolute Gasteiger partial charge is 0.407 e. The van der Waals surface area contributed by atoms with Gasteiger partial charge in [-0.1, -0.05) is 18.2 Å². The van der Waals surface area contributed by atoms with E-state index in [1.807, 2.05) is 45.0 Å². The van der Waals surface area contributed by atoms with Crippen LogP contribution >= 0.6 is 0 Å². The predicted molar refractivity (Wildman–Crippen MR) is 79.7 cm³/mol. The fraction of sp³-hybridized carbons (Fsp3) is 0.533. The van der Waals surface area contributed by atoms with E-state index >= 15 is 0 Å². The lowest BCUT2D eigenvalue weighted by Crippen LogP contribution is -2.33. The minimum Gasteiger partial charge on any atom is -0.444 e. The van der Waals surface area contributed by atoms with E-state index in [4.69, 9.17) is 4.74 Å². The molecule has 0 radical (unpaired) electrons. The fourth-order valence-electron chi connectivity index (χ4n) is 1.65. The highest BCUT2D eigenvalue weighted by atomic mass is 16.6. The number of anilines is 1. The van der Waals surface area contributed by atoms with E-state index in [0.29, 0.717) is 13.1 Å². The summed E-state index contributed by atoms with van der Waals surface area (Å²) in [4.78, 5) is 11.4. The van der Waals surface area contributed by atoms with Crippen molar-refractivity contribution in [2.45, 2.75) is 39.4 Å². The number of ether oxygens (including phenoxy) is 1. The van der Waals surface area contributed by atoms with Crippen molar-refractivity contribution in [3.05, 3.63) is 29.8 Å². The lowest BCUT2D eigenvalue weighted by molar-refractivity contribution is 0.0528. The maximum absolute atomic E-state index is 11.4. The van der Waals surface area contributed by atoms with Gasteiger partial charge in [0.1, 0.15) is 5.60 Å². The van der Waals surface area contributed by atoms with Gasteiger partial charge in [-0.3, -0.25) is 0 Å². The molecule has 0 bridgehead atoms. The van der Waals surface area contributed by atoms with Crippen molar-refractivity contribution in [2.75, 3.05) is 18.4 Å². The van der Waals surface area contributed by atoms with Crippen molar-refractivity contribution >= 4 is 11.8 Å². The van der Waals surface area contributed by atoms with Crippen LogP contribution in [-0.2, 0) is 11.3 Å². The number of amides is 1. The standard InChI is InChI=1S/C15H24N2O3/c1-15(2,3)20-14(19)17-10-6-9-16-13-8-5-4-7-12(13)11-18/h4-5,7-8,16,18H,6,9-11H2,1-3H3,(H,17,19). The monoisotopic (exact) mass is 280 g/mol. The third kappa shape index (κ3) is 6.43. The second kappa shape index (κ2) is 7.75. The van der Waals surface area contributed by atoms with Crippen LogP contribution < -0.4 is 10.6 Å². The summed E-state index contributed by atoms with van der Waals surface area (Å²) in [5.41, 5.74) is 1.32. The number of aliphatic hydroxyl groups excluding tert-OH is 1. The molecule has 0 spiro atoms. The average molecular weight is 280 g/mol.